The SMILES string of the molecule is CC.Cc1cc2c3ccccc3n(C)c2n(C)c1=O. The molecule has 3 rings (SSSR count). The highest BCUT2D eigenvalue weighted by atomic mass is 16.1. The van der Waals surface area contributed by atoms with Crippen molar-refractivity contribution in [2.24, 2.45) is 14.1 Å². The Hall–Kier alpha value is -2.03. The van der Waals surface area contributed by atoms with Crippen molar-refractivity contribution in [3.05, 3.63) is 46.2 Å². The molecule has 0 bridgehead atoms. The first-order valence-corrected chi connectivity index (χ1v) is 6.65. The number of aromatic nitrogens is 2. The summed E-state index contributed by atoms with van der Waals surface area (Å²) in [4.78, 5) is 12.0. The molecule has 2 heterocycles. The Bertz CT molecular complexity index is 794. The summed E-state index contributed by atoms with van der Waals surface area (Å²) in [5.41, 5.74) is 2.99. The fourth-order valence-electron chi connectivity index (χ4n) is 2.60. The molecule has 0 spiro atoms. The molecule has 0 N–H and O–H groups in total. The molecule has 0 aliphatic rings. The summed E-state index contributed by atoms with van der Waals surface area (Å²) in [5, 5.41) is 2.34. The van der Waals surface area contributed by atoms with Crippen LogP contribution in [0.2, 0.25) is 0 Å². The molecular weight excluding hydrogens is 236 g/mol. The van der Waals surface area contributed by atoms with Gasteiger partial charge in [-0.25, -0.2) is 0 Å². The van der Waals surface area contributed by atoms with Gasteiger partial charge in [0.15, 0.2) is 0 Å². The van der Waals surface area contributed by atoms with Gasteiger partial charge < -0.3 is 4.57 Å². The summed E-state index contributed by atoms with van der Waals surface area (Å²) in [6, 6.07) is 10.2. The third-order valence-electron chi connectivity index (χ3n) is 3.43. The van der Waals surface area contributed by atoms with Gasteiger partial charge >= 0.3 is 0 Å². The molecule has 0 saturated carbocycles. The van der Waals surface area contributed by atoms with Crippen molar-refractivity contribution in [1.82, 2.24) is 9.13 Å². The van der Waals surface area contributed by atoms with Crippen LogP contribution in [-0.2, 0) is 14.1 Å². The smallest absolute Gasteiger partial charge is 0.254 e. The molecular formula is C16H20N2O. The van der Waals surface area contributed by atoms with E-state index in [1.54, 1.807) is 4.57 Å². The zero-order valence-electron chi connectivity index (χ0n) is 12.2. The molecule has 1 aromatic carbocycles. The summed E-state index contributed by atoms with van der Waals surface area (Å²) in [6.45, 7) is 5.86. The molecule has 3 heteroatoms. The quantitative estimate of drug-likeness (QED) is 0.606. The Kier molecular flexibility index (Phi) is 3.47. The maximum Gasteiger partial charge on any atom is 0.254 e. The summed E-state index contributed by atoms with van der Waals surface area (Å²) >= 11 is 0. The van der Waals surface area contributed by atoms with Crippen LogP contribution < -0.4 is 5.56 Å². The fourth-order valence-corrected chi connectivity index (χ4v) is 2.60. The number of hydrogen-bond acceptors (Lipinski definition) is 1. The highest BCUT2D eigenvalue weighted by molar-refractivity contribution is 6.06. The van der Waals surface area contributed by atoms with Gasteiger partial charge in [-0.05, 0) is 19.1 Å². The van der Waals surface area contributed by atoms with Crippen LogP contribution in [0.25, 0.3) is 21.9 Å². The average Bonchev–Trinajstić information content (AvgIpc) is 2.72. The molecule has 100 valence electrons. The van der Waals surface area contributed by atoms with Crippen LogP contribution in [0.5, 0.6) is 0 Å². The van der Waals surface area contributed by atoms with Crippen LogP contribution in [0.1, 0.15) is 19.4 Å². The number of fused-ring (bicyclic) bond motifs is 3. The van der Waals surface area contributed by atoms with Crippen LogP contribution >= 0.6 is 0 Å². The molecule has 0 radical (unpaired) electrons. The highest BCUT2D eigenvalue weighted by Crippen LogP contribution is 2.26. The van der Waals surface area contributed by atoms with Crippen molar-refractivity contribution in [3.63, 3.8) is 0 Å². The van der Waals surface area contributed by atoms with E-state index in [0.29, 0.717) is 0 Å². The maximum absolute atomic E-state index is 12.0. The van der Waals surface area contributed by atoms with Crippen LogP contribution in [0, 0.1) is 6.92 Å². The van der Waals surface area contributed by atoms with E-state index in [9.17, 15) is 4.79 Å². The van der Waals surface area contributed by atoms with E-state index in [1.165, 1.54) is 5.39 Å². The topological polar surface area (TPSA) is 26.9 Å². The van der Waals surface area contributed by atoms with E-state index in [0.717, 1.165) is 22.1 Å². The summed E-state index contributed by atoms with van der Waals surface area (Å²) in [5.74, 6) is 0. The first-order valence-electron chi connectivity index (χ1n) is 6.65. The van der Waals surface area contributed by atoms with Crippen LogP contribution in [-0.4, -0.2) is 9.13 Å². The molecule has 0 atom stereocenters. The van der Waals surface area contributed by atoms with Gasteiger partial charge in [-0.15, -0.1) is 0 Å². The second-order valence-corrected chi connectivity index (χ2v) is 4.50. The van der Waals surface area contributed by atoms with E-state index < -0.39 is 0 Å². The summed E-state index contributed by atoms with van der Waals surface area (Å²) < 4.78 is 3.80. The number of benzene rings is 1. The third kappa shape index (κ3) is 1.86. The lowest BCUT2D eigenvalue weighted by atomic mass is 10.1. The minimum absolute atomic E-state index is 0.0726. The maximum atomic E-state index is 12.0. The van der Waals surface area contributed by atoms with Crippen molar-refractivity contribution in [2.75, 3.05) is 0 Å². The van der Waals surface area contributed by atoms with Gasteiger partial charge in [0.25, 0.3) is 5.56 Å². The van der Waals surface area contributed by atoms with Gasteiger partial charge in [0.2, 0.25) is 0 Å². The second-order valence-electron chi connectivity index (χ2n) is 4.50. The van der Waals surface area contributed by atoms with Gasteiger partial charge in [0.1, 0.15) is 5.65 Å². The lowest BCUT2D eigenvalue weighted by Crippen LogP contribution is -2.20. The van der Waals surface area contributed by atoms with Crippen LogP contribution in [0.15, 0.2) is 35.1 Å². The van der Waals surface area contributed by atoms with E-state index in [2.05, 4.69) is 16.7 Å². The molecule has 0 amide bonds. The van der Waals surface area contributed by atoms with Gasteiger partial charge in [-0.3, -0.25) is 9.36 Å². The van der Waals surface area contributed by atoms with Crippen LogP contribution in [0.3, 0.4) is 0 Å². The molecule has 0 aliphatic carbocycles. The zero-order valence-corrected chi connectivity index (χ0v) is 12.2. The Labute approximate surface area is 113 Å². The standard InChI is InChI=1S/C14H14N2O.C2H6/c1-9-8-11-10-6-4-5-7-12(10)15(2)13(11)16(3)14(9)17;1-2/h4-8H,1-3H3;1-2H3. The average molecular weight is 256 g/mol. The van der Waals surface area contributed by atoms with Crippen molar-refractivity contribution < 1.29 is 0 Å². The fraction of sp³-hybridized carbons (Fsp3) is 0.312. The molecule has 2 aromatic heterocycles. The van der Waals surface area contributed by atoms with Gasteiger partial charge in [-0.2, -0.15) is 0 Å². The number of aryl methyl sites for hydroxylation is 3. The summed E-state index contributed by atoms with van der Waals surface area (Å²) in [7, 11) is 3.83. The molecule has 0 unspecified atom stereocenters. The Balaban J connectivity index is 0.000000637. The monoisotopic (exact) mass is 256 g/mol. The molecule has 19 heavy (non-hydrogen) atoms. The predicted molar refractivity (Wildman–Crippen MR) is 81.8 cm³/mol. The Morgan fingerprint density at radius 2 is 1.58 bits per heavy atom. The van der Waals surface area contributed by atoms with Crippen molar-refractivity contribution in [3.8, 4) is 0 Å². The molecule has 3 nitrogen and oxygen atoms in total. The second kappa shape index (κ2) is 4.92. The lowest BCUT2D eigenvalue weighted by Gasteiger charge is -2.05. The largest absolute Gasteiger partial charge is 0.330 e. The Morgan fingerprint density at radius 1 is 0.947 bits per heavy atom. The Morgan fingerprint density at radius 3 is 2.26 bits per heavy atom. The van der Waals surface area contributed by atoms with Gasteiger partial charge in [-0.1, -0.05) is 32.0 Å². The number of pyridine rings is 1. The van der Waals surface area contributed by atoms with E-state index >= 15 is 0 Å². The number of para-hydroxylation sites is 1. The molecule has 3 aromatic rings. The van der Waals surface area contributed by atoms with Gasteiger partial charge in [0, 0.05) is 30.4 Å². The molecule has 0 aliphatic heterocycles. The molecule has 0 saturated heterocycles. The van der Waals surface area contributed by atoms with Crippen molar-refractivity contribution in [1.29, 1.82) is 0 Å². The number of hydrogen-bond donors (Lipinski definition) is 0. The number of rotatable bonds is 0. The zero-order chi connectivity index (χ0) is 14.2. The first-order chi connectivity index (χ1) is 9.11. The van der Waals surface area contributed by atoms with E-state index in [4.69, 9.17) is 0 Å². The van der Waals surface area contributed by atoms with Gasteiger partial charge in [0.05, 0.1) is 5.52 Å². The number of nitrogens with zero attached hydrogens (tertiary/aromatic N) is 2. The minimum atomic E-state index is 0.0726. The predicted octanol–water partition coefficient (Wildman–Crippen LogP) is 3.36. The van der Waals surface area contributed by atoms with E-state index in [1.807, 2.05) is 53.1 Å². The molecule has 0 fully saturated rings. The van der Waals surface area contributed by atoms with Crippen molar-refractivity contribution >= 4 is 21.9 Å². The van der Waals surface area contributed by atoms with E-state index in [-0.39, 0.29) is 5.56 Å². The summed E-state index contributed by atoms with van der Waals surface area (Å²) in [6.07, 6.45) is 0. The minimum Gasteiger partial charge on any atom is -0.330 e. The first kappa shape index (κ1) is 13.4. The van der Waals surface area contributed by atoms with Crippen LogP contribution in [0.4, 0.5) is 0 Å². The van der Waals surface area contributed by atoms with Crippen molar-refractivity contribution in [2.45, 2.75) is 20.8 Å². The lowest BCUT2D eigenvalue weighted by molar-refractivity contribution is 0.837. The third-order valence-corrected chi connectivity index (χ3v) is 3.43. The normalized spacial score (nSPS) is 10.6. The highest BCUT2D eigenvalue weighted by Gasteiger charge is 2.12.